The van der Waals surface area contributed by atoms with Crippen molar-refractivity contribution in [3.8, 4) is 5.75 Å². The van der Waals surface area contributed by atoms with Gasteiger partial charge in [-0.2, -0.15) is 8.78 Å². The molecular weight excluding hydrogens is 467 g/mol. The van der Waals surface area contributed by atoms with Crippen molar-refractivity contribution in [3.05, 3.63) is 41.0 Å². The molecule has 27 heavy (non-hydrogen) atoms. The molecule has 0 radical (unpaired) electrons. The van der Waals surface area contributed by atoms with Gasteiger partial charge in [0.15, 0.2) is 5.96 Å². The highest BCUT2D eigenvalue weighted by atomic mass is 127. The number of halogens is 3. The molecule has 0 unspecified atom stereocenters. The Hall–Kier alpha value is -1.42. The number of aliphatic imine (C=N–C) groups is 1. The van der Waals surface area contributed by atoms with Crippen molar-refractivity contribution < 1.29 is 18.3 Å². The average Bonchev–Trinajstić information content (AvgIpc) is 2.62. The van der Waals surface area contributed by atoms with E-state index in [0.717, 1.165) is 38.1 Å². The van der Waals surface area contributed by atoms with Gasteiger partial charge in [-0.15, -0.1) is 24.0 Å². The van der Waals surface area contributed by atoms with E-state index in [1.54, 1.807) is 12.1 Å². The summed E-state index contributed by atoms with van der Waals surface area (Å²) in [6, 6.07) is 5.12. The van der Waals surface area contributed by atoms with E-state index in [2.05, 4.69) is 26.4 Å². The van der Waals surface area contributed by atoms with Crippen molar-refractivity contribution in [1.82, 2.24) is 10.6 Å². The Morgan fingerprint density at radius 1 is 1.33 bits per heavy atom. The van der Waals surface area contributed by atoms with Crippen LogP contribution in [0.5, 0.6) is 5.75 Å². The fourth-order valence-corrected chi connectivity index (χ4v) is 2.68. The zero-order valence-electron chi connectivity index (χ0n) is 15.8. The minimum absolute atomic E-state index is 0. The number of hydrogen-bond donors (Lipinski definition) is 2. The third-order valence-corrected chi connectivity index (χ3v) is 3.98. The van der Waals surface area contributed by atoms with Crippen LogP contribution in [0.1, 0.15) is 30.9 Å². The van der Waals surface area contributed by atoms with Gasteiger partial charge in [0.2, 0.25) is 0 Å². The Balaban J connectivity index is 0.00000364. The summed E-state index contributed by atoms with van der Waals surface area (Å²) in [4.78, 5) is 4.50. The highest BCUT2D eigenvalue weighted by Gasteiger charge is 2.10. The second-order valence-electron chi connectivity index (χ2n) is 6.05. The molecule has 0 spiro atoms. The topological polar surface area (TPSA) is 54.9 Å². The largest absolute Gasteiger partial charge is 0.434 e. The van der Waals surface area contributed by atoms with Crippen LogP contribution >= 0.6 is 24.0 Å². The van der Waals surface area contributed by atoms with Crippen LogP contribution in [0.15, 0.2) is 34.8 Å². The maximum absolute atomic E-state index is 12.6. The van der Waals surface area contributed by atoms with E-state index in [-0.39, 0.29) is 36.3 Å². The molecule has 1 heterocycles. The molecule has 2 N–H and O–H groups in total. The number of hydrogen-bond acceptors (Lipinski definition) is 3. The van der Waals surface area contributed by atoms with Crippen LogP contribution < -0.4 is 15.4 Å². The lowest BCUT2D eigenvalue weighted by Gasteiger charge is -2.16. The van der Waals surface area contributed by atoms with Gasteiger partial charge in [0.1, 0.15) is 5.75 Å². The van der Waals surface area contributed by atoms with Gasteiger partial charge >= 0.3 is 6.61 Å². The summed E-state index contributed by atoms with van der Waals surface area (Å²) < 4.78 is 35.0. The number of nitrogens with zero attached hydrogens (tertiary/aromatic N) is 1. The lowest BCUT2D eigenvalue weighted by molar-refractivity contribution is -0.0504. The standard InChI is InChI=1S/C19H27F2N3O2.HI/c1-3-22-19(23-9-6-15-7-10-25-11-8-15)24-13-16-12-14(2)4-5-17(16)26-18(20)21;/h4-5,7,12,18H,3,6,8-11,13H2,1-2H3,(H2,22,23,24);1H. The second-order valence-corrected chi connectivity index (χ2v) is 6.05. The van der Waals surface area contributed by atoms with Gasteiger partial charge in [-0.1, -0.05) is 29.3 Å². The van der Waals surface area contributed by atoms with Gasteiger partial charge in [0.05, 0.1) is 19.8 Å². The fraction of sp³-hybridized carbons (Fsp3) is 0.526. The summed E-state index contributed by atoms with van der Waals surface area (Å²) in [5.41, 5.74) is 2.99. The minimum atomic E-state index is -2.85. The lowest BCUT2D eigenvalue weighted by atomic mass is 10.1. The predicted octanol–water partition coefficient (Wildman–Crippen LogP) is 4.01. The van der Waals surface area contributed by atoms with E-state index in [9.17, 15) is 8.78 Å². The van der Waals surface area contributed by atoms with E-state index < -0.39 is 6.61 Å². The van der Waals surface area contributed by atoms with Gasteiger partial charge in [0.25, 0.3) is 0 Å². The molecule has 0 saturated heterocycles. The first-order valence-corrected chi connectivity index (χ1v) is 8.90. The van der Waals surface area contributed by atoms with E-state index in [0.29, 0.717) is 18.1 Å². The highest BCUT2D eigenvalue weighted by molar-refractivity contribution is 14.0. The molecule has 0 aromatic heterocycles. The van der Waals surface area contributed by atoms with Crippen LogP contribution in [-0.4, -0.2) is 38.9 Å². The molecule has 0 fully saturated rings. The summed E-state index contributed by atoms with van der Waals surface area (Å²) in [6.45, 7) is 4.24. The Bertz CT molecular complexity index is 639. The van der Waals surface area contributed by atoms with Gasteiger partial charge in [-0.05, 0) is 32.8 Å². The predicted molar refractivity (Wildman–Crippen MR) is 114 cm³/mol. The van der Waals surface area contributed by atoms with Crippen molar-refractivity contribution in [3.63, 3.8) is 0 Å². The Kier molecular flexibility index (Phi) is 11.3. The number of nitrogens with one attached hydrogen (secondary N) is 2. The van der Waals surface area contributed by atoms with Crippen molar-refractivity contribution in [2.75, 3.05) is 26.3 Å². The number of alkyl halides is 2. The molecule has 0 saturated carbocycles. The number of guanidine groups is 1. The molecule has 0 amide bonds. The zero-order valence-corrected chi connectivity index (χ0v) is 18.1. The van der Waals surface area contributed by atoms with Gasteiger partial charge in [-0.3, -0.25) is 0 Å². The summed E-state index contributed by atoms with van der Waals surface area (Å²) in [6.07, 6.45) is 4.01. The van der Waals surface area contributed by atoms with Crippen LogP contribution in [-0.2, 0) is 11.3 Å². The molecule has 0 bridgehead atoms. The normalized spacial score (nSPS) is 14.4. The molecule has 152 valence electrons. The molecule has 5 nitrogen and oxygen atoms in total. The smallest absolute Gasteiger partial charge is 0.387 e. The summed E-state index contributed by atoms with van der Waals surface area (Å²) >= 11 is 0. The molecule has 0 aliphatic carbocycles. The second kappa shape index (κ2) is 12.9. The highest BCUT2D eigenvalue weighted by Crippen LogP contribution is 2.22. The van der Waals surface area contributed by atoms with Crippen LogP contribution in [0.4, 0.5) is 8.78 Å². The Morgan fingerprint density at radius 3 is 2.81 bits per heavy atom. The first kappa shape index (κ1) is 23.6. The summed E-state index contributed by atoms with van der Waals surface area (Å²) in [5.74, 6) is 0.822. The van der Waals surface area contributed by atoms with Crippen LogP contribution in [0, 0.1) is 6.92 Å². The fourth-order valence-electron chi connectivity index (χ4n) is 2.68. The molecule has 1 aromatic carbocycles. The van der Waals surface area contributed by atoms with Crippen LogP contribution in [0.3, 0.4) is 0 Å². The quantitative estimate of drug-likeness (QED) is 0.248. The molecule has 2 rings (SSSR count). The molecular formula is C19H28F2IN3O2. The van der Waals surface area contributed by atoms with Gasteiger partial charge < -0.3 is 20.1 Å². The molecule has 1 aliphatic heterocycles. The number of aryl methyl sites for hydroxylation is 1. The van der Waals surface area contributed by atoms with Crippen molar-refractivity contribution in [2.24, 2.45) is 4.99 Å². The van der Waals surface area contributed by atoms with Crippen molar-refractivity contribution in [2.45, 2.75) is 39.8 Å². The first-order valence-electron chi connectivity index (χ1n) is 8.90. The number of rotatable bonds is 8. The van der Waals surface area contributed by atoms with E-state index in [1.165, 1.54) is 5.57 Å². The molecule has 1 aliphatic rings. The monoisotopic (exact) mass is 495 g/mol. The van der Waals surface area contributed by atoms with Crippen LogP contribution in [0.2, 0.25) is 0 Å². The van der Waals surface area contributed by atoms with Crippen molar-refractivity contribution in [1.29, 1.82) is 0 Å². The van der Waals surface area contributed by atoms with E-state index in [4.69, 9.17) is 4.74 Å². The van der Waals surface area contributed by atoms with E-state index in [1.807, 2.05) is 19.9 Å². The Morgan fingerprint density at radius 2 is 2.15 bits per heavy atom. The zero-order chi connectivity index (χ0) is 18.8. The average molecular weight is 495 g/mol. The first-order chi connectivity index (χ1) is 12.6. The Labute approximate surface area is 176 Å². The SMILES string of the molecule is CCNC(=NCc1cc(C)ccc1OC(F)F)NCCC1=CCOCC1.I. The van der Waals surface area contributed by atoms with Crippen molar-refractivity contribution >= 4 is 29.9 Å². The van der Waals surface area contributed by atoms with Crippen LogP contribution in [0.25, 0.3) is 0 Å². The number of ether oxygens (including phenoxy) is 2. The minimum Gasteiger partial charge on any atom is -0.434 e. The van der Waals surface area contributed by atoms with Gasteiger partial charge in [0, 0.05) is 18.7 Å². The maximum Gasteiger partial charge on any atom is 0.387 e. The lowest BCUT2D eigenvalue weighted by Crippen LogP contribution is -2.38. The van der Waals surface area contributed by atoms with E-state index >= 15 is 0 Å². The molecule has 1 aromatic rings. The summed E-state index contributed by atoms with van der Waals surface area (Å²) in [5, 5.41) is 6.45. The molecule has 8 heteroatoms. The third-order valence-electron chi connectivity index (χ3n) is 3.98. The molecule has 0 atom stereocenters. The maximum atomic E-state index is 12.6. The summed E-state index contributed by atoms with van der Waals surface area (Å²) in [7, 11) is 0. The number of benzene rings is 1. The van der Waals surface area contributed by atoms with Gasteiger partial charge in [-0.25, -0.2) is 4.99 Å². The third kappa shape index (κ3) is 8.87.